The Labute approximate surface area is 161 Å². The summed E-state index contributed by atoms with van der Waals surface area (Å²) < 4.78 is 0. The summed E-state index contributed by atoms with van der Waals surface area (Å²) in [6.45, 7) is 8.94. The molecular formula is C20H29N5O2. The van der Waals surface area contributed by atoms with Crippen molar-refractivity contribution in [1.82, 2.24) is 15.1 Å². The number of nitrogens with one attached hydrogen (secondary N) is 1. The molecule has 0 aliphatic carbocycles. The Hall–Kier alpha value is -2.57. The van der Waals surface area contributed by atoms with Crippen LogP contribution in [0.3, 0.4) is 0 Å². The number of anilines is 1. The van der Waals surface area contributed by atoms with Gasteiger partial charge in [-0.2, -0.15) is 0 Å². The molecule has 2 amide bonds. The molecule has 0 aromatic heterocycles. The zero-order valence-electron chi connectivity index (χ0n) is 16.3. The van der Waals surface area contributed by atoms with E-state index in [1.807, 2.05) is 34.1 Å². The molecule has 7 nitrogen and oxygen atoms in total. The predicted molar refractivity (Wildman–Crippen MR) is 107 cm³/mol. The van der Waals surface area contributed by atoms with Crippen molar-refractivity contribution in [1.29, 1.82) is 0 Å². The summed E-state index contributed by atoms with van der Waals surface area (Å²) in [5, 5.41) is 3.35. The summed E-state index contributed by atoms with van der Waals surface area (Å²) >= 11 is 0. The molecule has 1 N–H and O–H groups in total. The van der Waals surface area contributed by atoms with Gasteiger partial charge in [-0.25, -0.2) is 4.99 Å². The second kappa shape index (κ2) is 8.88. The highest BCUT2D eigenvalue weighted by molar-refractivity contribution is 5.95. The Morgan fingerprint density at radius 1 is 1.07 bits per heavy atom. The molecule has 1 aromatic rings. The van der Waals surface area contributed by atoms with E-state index in [1.54, 1.807) is 6.92 Å². The first kappa shape index (κ1) is 19.2. The van der Waals surface area contributed by atoms with E-state index in [-0.39, 0.29) is 11.8 Å². The topological polar surface area (TPSA) is 68.2 Å². The molecule has 7 heteroatoms. The van der Waals surface area contributed by atoms with Gasteiger partial charge in [0.2, 0.25) is 11.8 Å². The molecule has 0 radical (unpaired) electrons. The van der Waals surface area contributed by atoms with Crippen molar-refractivity contribution in [3.63, 3.8) is 0 Å². The number of carbonyl (C=O) groups excluding carboxylic acids is 2. The summed E-state index contributed by atoms with van der Waals surface area (Å²) in [7, 11) is 0. The van der Waals surface area contributed by atoms with Gasteiger partial charge in [-0.1, -0.05) is 12.1 Å². The molecule has 0 unspecified atom stereocenters. The molecule has 0 atom stereocenters. The zero-order valence-corrected chi connectivity index (χ0v) is 16.3. The quantitative estimate of drug-likeness (QED) is 0.642. The van der Waals surface area contributed by atoms with E-state index in [2.05, 4.69) is 17.1 Å². The number of guanidine groups is 1. The van der Waals surface area contributed by atoms with Crippen molar-refractivity contribution >= 4 is 23.5 Å². The molecule has 0 bridgehead atoms. The molecule has 0 spiro atoms. The minimum atomic E-state index is 0.133. The van der Waals surface area contributed by atoms with Gasteiger partial charge in [0.15, 0.2) is 5.96 Å². The number of benzene rings is 1. The molecule has 2 fully saturated rings. The summed E-state index contributed by atoms with van der Waals surface area (Å²) in [4.78, 5) is 34.0. The summed E-state index contributed by atoms with van der Waals surface area (Å²) in [6, 6.07) is 8.10. The van der Waals surface area contributed by atoms with Crippen LogP contribution in [0.4, 0.5) is 5.69 Å². The van der Waals surface area contributed by atoms with E-state index >= 15 is 0 Å². The lowest BCUT2D eigenvalue weighted by Gasteiger charge is -2.36. The lowest BCUT2D eigenvalue weighted by atomic mass is 10.2. The molecular weight excluding hydrogens is 342 g/mol. The molecule has 27 heavy (non-hydrogen) atoms. The van der Waals surface area contributed by atoms with Crippen molar-refractivity contribution in [2.45, 2.75) is 33.2 Å². The molecule has 1 aromatic carbocycles. The fourth-order valence-corrected chi connectivity index (χ4v) is 3.53. The van der Waals surface area contributed by atoms with E-state index in [1.165, 1.54) is 0 Å². The van der Waals surface area contributed by atoms with E-state index in [9.17, 15) is 9.59 Å². The van der Waals surface area contributed by atoms with Crippen LogP contribution in [0, 0.1) is 0 Å². The number of amides is 2. The van der Waals surface area contributed by atoms with Gasteiger partial charge in [-0.15, -0.1) is 0 Å². The van der Waals surface area contributed by atoms with E-state index in [0.29, 0.717) is 13.0 Å². The Kier molecular flexibility index (Phi) is 6.32. The van der Waals surface area contributed by atoms with Crippen LogP contribution in [-0.2, 0) is 16.1 Å². The van der Waals surface area contributed by atoms with Crippen LogP contribution < -0.4 is 10.2 Å². The van der Waals surface area contributed by atoms with Crippen LogP contribution in [0.15, 0.2) is 29.3 Å². The van der Waals surface area contributed by atoms with Crippen LogP contribution >= 0.6 is 0 Å². The van der Waals surface area contributed by atoms with Gasteiger partial charge < -0.3 is 20.0 Å². The first-order valence-corrected chi connectivity index (χ1v) is 9.76. The lowest BCUT2D eigenvalue weighted by molar-refractivity contribution is -0.130. The first-order valence-electron chi connectivity index (χ1n) is 9.76. The van der Waals surface area contributed by atoms with Gasteiger partial charge in [-0.05, 0) is 31.0 Å². The highest BCUT2D eigenvalue weighted by Crippen LogP contribution is 2.21. The normalized spacial score (nSPS) is 18.2. The Bertz CT molecular complexity index is 693. The number of nitrogens with zero attached hydrogens (tertiary/aromatic N) is 4. The van der Waals surface area contributed by atoms with Crippen molar-refractivity contribution in [3.05, 3.63) is 29.8 Å². The third kappa shape index (κ3) is 4.78. The predicted octanol–water partition coefficient (Wildman–Crippen LogP) is 1.44. The number of aliphatic imine (C=N–C) groups is 1. The van der Waals surface area contributed by atoms with Crippen LogP contribution in [-0.4, -0.2) is 66.8 Å². The third-order valence-electron chi connectivity index (χ3n) is 5.09. The number of hydrogen-bond donors (Lipinski definition) is 1. The first-order chi connectivity index (χ1) is 13.1. The van der Waals surface area contributed by atoms with Crippen molar-refractivity contribution in [2.24, 2.45) is 4.99 Å². The van der Waals surface area contributed by atoms with Crippen LogP contribution in [0.25, 0.3) is 0 Å². The molecule has 0 saturated carbocycles. The summed E-state index contributed by atoms with van der Waals surface area (Å²) in [6.07, 6.45) is 1.59. The smallest absolute Gasteiger partial charge is 0.227 e. The second-order valence-electron chi connectivity index (χ2n) is 6.98. The van der Waals surface area contributed by atoms with Gasteiger partial charge in [0.1, 0.15) is 0 Å². The van der Waals surface area contributed by atoms with E-state index in [4.69, 9.17) is 4.99 Å². The molecule has 2 aliphatic rings. The van der Waals surface area contributed by atoms with E-state index in [0.717, 1.165) is 62.9 Å². The van der Waals surface area contributed by atoms with E-state index < -0.39 is 0 Å². The maximum atomic E-state index is 11.9. The fourth-order valence-electron chi connectivity index (χ4n) is 3.53. The van der Waals surface area contributed by atoms with Crippen molar-refractivity contribution in [3.8, 4) is 0 Å². The minimum absolute atomic E-state index is 0.133. The number of hydrogen-bond acceptors (Lipinski definition) is 3. The van der Waals surface area contributed by atoms with Crippen molar-refractivity contribution < 1.29 is 9.59 Å². The number of piperazine rings is 1. The highest BCUT2D eigenvalue weighted by Gasteiger charge is 2.22. The Morgan fingerprint density at radius 3 is 2.30 bits per heavy atom. The maximum Gasteiger partial charge on any atom is 0.227 e. The largest absolute Gasteiger partial charge is 0.357 e. The molecule has 2 saturated heterocycles. The maximum absolute atomic E-state index is 11.9. The standard InChI is InChI=1S/C20H29N5O2/c1-3-21-20(24-13-11-23(12-14-24)16(2)26)22-15-17-6-8-18(9-7-17)25-10-4-5-19(25)27/h6-9H,3-5,10-15H2,1-2H3,(H,21,22). The molecule has 2 heterocycles. The van der Waals surface area contributed by atoms with Gasteiger partial charge in [0.25, 0.3) is 0 Å². The minimum Gasteiger partial charge on any atom is -0.357 e. The summed E-state index contributed by atoms with van der Waals surface area (Å²) in [5.41, 5.74) is 2.08. The highest BCUT2D eigenvalue weighted by atomic mass is 16.2. The van der Waals surface area contributed by atoms with Crippen LogP contribution in [0.2, 0.25) is 0 Å². The Balaban J connectivity index is 1.61. The van der Waals surface area contributed by atoms with Gasteiger partial charge in [-0.3, -0.25) is 9.59 Å². The fraction of sp³-hybridized carbons (Fsp3) is 0.550. The van der Waals surface area contributed by atoms with Gasteiger partial charge >= 0.3 is 0 Å². The van der Waals surface area contributed by atoms with Gasteiger partial charge in [0.05, 0.1) is 6.54 Å². The molecule has 146 valence electrons. The average Bonchev–Trinajstić information content (AvgIpc) is 3.11. The molecule has 3 rings (SSSR count). The lowest BCUT2D eigenvalue weighted by Crippen LogP contribution is -2.53. The van der Waals surface area contributed by atoms with Gasteiger partial charge in [0, 0.05) is 58.3 Å². The van der Waals surface area contributed by atoms with Crippen LogP contribution in [0.5, 0.6) is 0 Å². The van der Waals surface area contributed by atoms with Crippen molar-refractivity contribution in [2.75, 3.05) is 44.2 Å². The molecule has 2 aliphatic heterocycles. The number of rotatable bonds is 4. The Morgan fingerprint density at radius 2 is 1.74 bits per heavy atom. The SMILES string of the molecule is CCNC(=NCc1ccc(N2CCCC2=O)cc1)N1CCN(C(C)=O)CC1. The third-order valence-corrected chi connectivity index (χ3v) is 5.09. The second-order valence-corrected chi connectivity index (χ2v) is 6.98. The summed E-state index contributed by atoms with van der Waals surface area (Å²) in [5.74, 6) is 1.23. The average molecular weight is 371 g/mol. The van der Waals surface area contributed by atoms with Crippen LogP contribution in [0.1, 0.15) is 32.3 Å². The monoisotopic (exact) mass is 371 g/mol. The number of carbonyl (C=O) groups is 2. The zero-order chi connectivity index (χ0) is 19.2.